The summed E-state index contributed by atoms with van der Waals surface area (Å²) in [5, 5.41) is 7.80. The third kappa shape index (κ3) is 3.85. The van der Waals surface area contributed by atoms with Crippen LogP contribution in [0.25, 0.3) is 0 Å². The molecule has 0 bridgehead atoms. The molecule has 5 nitrogen and oxygen atoms in total. The van der Waals surface area contributed by atoms with Crippen LogP contribution in [0.15, 0.2) is 28.8 Å². The summed E-state index contributed by atoms with van der Waals surface area (Å²) in [5.74, 6) is 0.817. The number of nitrogens with zero attached hydrogens (tertiary/aromatic N) is 2. The van der Waals surface area contributed by atoms with Crippen LogP contribution in [0.5, 0.6) is 0 Å². The van der Waals surface area contributed by atoms with Gasteiger partial charge in [-0.05, 0) is 44.4 Å². The van der Waals surface area contributed by atoms with Crippen molar-refractivity contribution >= 4 is 23.2 Å². The molecule has 1 aliphatic rings. The van der Waals surface area contributed by atoms with Crippen LogP contribution in [0, 0.1) is 6.92 Å². The first kappa shape index (κ1) is 15.9. The molecule has 0 aliphatic carbocycles. The number of carbonyl (C=O) groups is 1. The highest BCUT2D eigenvalue weighted by atomic mass is 35.5. The van der Waals surface area contributed by atoms with Gasteiger partial charge in [-0.3, -0.25) is 4.79 Å². The van der Waals surface area contributed by atoms with Crippen molar-refractivity contribution in [2.24, 2.45) is 0 Å². The third-order valence-electron chi connectivity index (χ3n) is 3.99. The predicted octanol–water partition coefficient (Wildman–Crippen LogP) is 3.87. The molecule has 0 spiro atoms. The van der Waals surface area contributed by atoms with Crippen molar-refractivity contribution in [1.29, 1.82) is 0 Å². The lowest BCUT2D eigenvalue weighted by Gasteiger charge is -2.27. The van der Waals surface area contributed by atoms with E-state index in [1.165, 1.54) is 6.42 Å². The molecule has 1 N–H and O–H groups in total. The maximum atomic E-state index is 12.8. The van der Waals surface area contributed by atoms with Gasteiger partial charge < -0.3 is 14.7 Å². The highest BCUT2D eigenvalue weighted by Gasteiger charge is 2.21. The smallest absolute Gasteiger partial charge is 0.255 e. The minimum atomic E-state index is 0.0557. The number of piperidine rings is 1. The van der Waals surface area contributed by atoms with Gasteiger partial charge in [0.25, 0.3) is 5.91 Å². The van der Waals surface area contributed by atoms with E-state index in [1.807, 2.05) is 17.9 Å². The maximum absolute atomic E-state index is 12.8. The number of benzene rings is 1. The van der Waals surface area contributed by atoms with Gasteiger partial charge >= 0.3 is 0 Å². The lowest BCUT2D eigenvalue weighted by molar-refractivity contribution is 0.0725. The van der Waals surface area contributed by atoms with Crippen LogP contribution in [0.2, 0.25) is 5.02 Å². The van der Waals surface area contributed by atoms with Crippen LogP contribution >= 0.6 is 11.6 Å². The summed E-state index contributed by atoms with van der Waals surface area (Å²) in [7, 11) is 0. The highest BCUT2D eigenvalue weighted by Crippen LogP contribution is 2.24. The lowest BCUT2D eigenvalue weighted by atomic mass is 10.1. The Morgan fingerprint density at radius 2 is 2.09 bits per heavy atom. The molecule has 1 fully saturated rings. The summed E-state index contributed by atoms with van der Waals surface area (Å²) in [6.07, 6.45) is 3.33. The molecule has 0 atom stereocenters. The van der Waals surface area contributed by atoms with Crippen molar-refractivity contribution in [2.45, 2.75) is 32.7 Å². The fourth-order valence-electron chi connectivity index (χ4n) is 2.80. The number of aromatic nitrogens is 1. The predicted molar refractivity (Wildman–Crippen MR) is 89.8 cm³/mol. The van der Waals surface area contributed by atoms with Crippen molar-refractivity contribution in [3.63, 3.8) is 0 Å². The van der Waals surface area contributed by atoms with Gasteiger partial charge in [-0.25, -0.2) is 0 Å². The number of likely N-dealkylation sites (tertiary alicyclic amines) is 1. The molecule has 0 unspecified atom stereocenters. The van der Waals surface area contributed by atoms with Gasteiger partial charge in [-0.15, -0.1) is 0 Å². The average Bonchev–Trinajstić information content (AvgIpc) is 2.99. The van der Waals surface area contributed by atoms with Crippen molar-refractivity contribution in [2.75, 3.05) is 18.4 Å². The SMILES string of the molecule is Cc1cc(CNc2cc(Cl)ccc2C(=O)N2CCCCC2)no1. The van der Waals surface area contributed by atoms with E-state index < -0.39 is 0 Å². The van der Waals surface area contributed by atoms with Crippen LogP contribution in [-0.4, -0.2) is 29.1 Å². The molecule has 1 saturated heterocycles. The minimum Gasteiger partial charge on any atom is -0.379 e. The Bertz CT molecular complexity index is 693. The first-order valence-corrected chi connectivity index (χ1v) is 8.26. The zero-order chi connectivity index (χ0) is 16.2. The number of rotatable bonds is 4. The van der Waals surface area contributed by atoms with Gasteiger partial charge in [0, 0.05) is 29.9 Å². The van der Waals surface area contributed by atoms with Crippen LogP contribution in [0.4, 0.5) is 5.69 Å². The molecule has 1 amide bonds. The molecule has 2 aromatic rings. The van der Waals surface area contributed by atoms with Gasteiger partial charge in [-0.1, -0.05) is 16.8 Å². The summed E-state index contributed by atoms with van der Waals surface area (Å²) >= 11 is 6.09. The van der Waals surface area contributed by atoms with Gasteiger partial charge in [-0.2, -0.15) is 0 Å². The van der Waals surface area contributed by atoms with E-state index in [4.69, 9.17) is 16.1 Å². The number of nitrogens with one attached hydrogen (secondary N) is 1. The van der Waals surface area contributed by atoms with E-state index in [0.29, 0.717) is 17.1 Å². The molecule has 1 aliphatic heterocycles. The Kier molecular flexibility index (Phi) is 4.86. The van der Waals surface area contributed by atoms with Gasteiger partial charge in [0.1, 0.15) is 11.5 Å². The Hall–Kier alpha value is -2.01. The number of halogens is 1. The second-order valence-electron chi connectivity index (χ2n) is 5.83. The number of hydrogen-bond acceptors (Lipinski definition) is 4. The average molecular weight is 334 g/mol. The van der Waals surface area contributed by atoms with Crippen molar-refractivity contribution in [3.05, 3.63) is 46.3 Å². The fourth-order valence-corrected chi connectivity index (χ4v) is 2.98. The Morgan fingerprint density at radius 3 is 2.78 bits per heavy atom. The third-order valence-corrected chi connectivity index (χ3v) is 4.23. The quantitative estimate of drug-likeness (QED) is 0.922. The molecular weight excluding hydrogens is 314 g/mol. The number of carbonyl (C=O) groups excluding carboxylic acids is 1. The molecule has 3 rings (SSSR count). The standard InChI is InChI=1S/C17H20ClN3O2/c1-12-9-14(20-23-12)11-19-16-10-13(18)5-6-15(16)17(22)21-7-3-2-4-8-21/h5-6,9-10,19H,2-4,7-8,11H2,1H3. The Balaban J connectivity index is 1.78. The van der Waals surface area contributed by atoms with E-state index in [0.717, 1.165) is 43.1 Å². The number of hydrogen-bond donors (Lipinski definition) is 1. The summed E-state index contributed by atoms with van der Waals surface area (Å²) in [6, 6.07) is 7.19. The van der Waals surface area contributed by atoms with Crippen LogP contribution < -0.4 is 5.32 Å². The number of aryl methyl sites for hydroxylation is 1. The minimum absolute atomic E-state index is 0.0557. The molecule has 0 radical (unpaired) electrons. The first-order chi connectivity index (χ1) is 11.1. The Labute approximate surface area is 140 Å². The van der Waals surface area contributed by atoms with Crippen molar-refractivity contribution in [3.8, 4) is 0 Å². The van der Waals surface area contributed by atoms with Crippen LogP contribution in [0.3, 0.4) is 0 Å². The largest absolute Gasteiger partial charge is 0.379 e. The van der Waals surface area contributed by atoms with Gasteiger partial charge in [0.15, 0.2) is 0 Å². The molecule has 23 heavy (non-hydrogen) atoms. The first-order valence-electron chi connectivity index (χ1n) is 7.88. The van der Waals surface area contributed by atoms with E-state index in [2.05, 4.69) is 10.5 Å². The molecule has 2 heterocycles. The van der Waals surface area contributed by atoms with Crippen molar-refractivity contribution < 1.29 is 9.32 Å². The van der Waals surface area contributed by atoms with Crippen molar-refractivity contribution in [1.82, 2.24) is 10.1 Å². The summed E-state index contributed by atoms with van der Waals surface area (Å²) in [5.41, 5.74) is 2.17. The molecular formula is C17H20ClN3O2. The Morgan fingerprint density at radius 1 is 1.30 bits per heavy atom. The molecule has 0 saturated carbocycles. The lowest BCUT2D eigenvalue weighted by Crippen LogP contribution is -2.36. The number of amides is 1. The molecule has 6 heteroatoms. The topological polar surface area (TPSA) is 58.4 Å². The summed E-state index contributed by atoms with van der Waals surface area (Å²) in [4.78, 5) is 14.7. The van der Waals surface area contributed by atoms with Gasteiger partial charge in [0.2, 0.25) is 0 Å². The van der Waals surface area contributed by atoms with E-state index in [9.17, 15) is 4.79 Å². The number of anilines is 1. The monoisotopic (exact) mass is 333 g/mol. The van der Waals surface area contributed by atoms with Crippen LogP contribution in [-0.2, 0) is 6.54 Å². The van der Waals surface area contributed by atoms with Crippen LogP contribution in [0.1, 0.15) is 41.1 Å². The second-order valence-corrected chi connectivity index (χ2v) is 6.26. The molecule has 1 aromatic heterocycles. The van der Waals surface area contributed by atoms with Gasteiger partial charge in [0.05, 0.1) is 12.1 Å². The van der Waals surface area contributed by atoms with E-state index in [1.54, 1.807) is 18.2 Å². The zero-order valence-electron chi connectivity index (χ0n) is 13.1. The fraction of sp³-hybridized carbons (Fsp3) is 0.412. The highest BCUT2D eigenvalue weighted by molar-refractivity contribution is 6.31. The maximum Gasteiger partial charge on any atom is 0.255 e. The summed E-state index contributed by atoms with van der Waals surface area (Å²) < 4.78 is 5.06. The summed E-state index contributed by atoms with van der Waals surface area (Å²) in [6.45, 7) is 3.98. The van der Waals surface area contributed by atoms with E-state index >= 15 is 0 Å². The zero-order valence-corrected chi connectivity index (χ0v) is 13.9. The second kappa shape index (κ2) is 7.04. The van der Waals surface area contributed by atoms with E-state index in [-0.39, 0.29) is 5.91 Å². The molecule has 1 aromatic carbocycles. The normalized spacial score (nSPS) is 14.8. The molecule has 122 valence electrons.